The number of pyridine rings is 1. The fraction of sp³-hybridized carbons (Fsp3) is 0.222. The summed E-state index contributed by atoms with van der Waals surface area (Å²) in [6, 6.07) is 0. The van der Waals surface area contributed by atoms with E-state index < -0.39 is 5.91 Å². The SMILES string of the molecule is CCn1ncc2c(Cl)c(C(N)=O)cnc21. The second-order valence-electron chi connectivity index (χ2n) is 3.05. The molecule has 15 heavy (non-hydrogen) atoms. The third-order valence-electron chi connectivity index (χ3n) is 2.17. The molecule has 1 amide bonds. The molecule has 0 bridgehead atoms. The van der Waals surface area contributed by atoms with E-state index in [9.17, 15) is 4.79 Å². The molecule has 0 radical (unpaired) electrons. The van der Waals surface area contributed by atoms with Crippen molar-refractivity contribution >= 4 is 28.5 Å². The highest BCUT2D eigenvalue weighted by Gasteiger charge is 2.13. The summed E-state index contributed by atoms with van der Waals surface area (Å²) in [5.41, 5.74) is 6.04. The summed E-state index contributed by atoms with van der Waals surface area (Å²) in [5.74, 6) is -0.585. The molecule has 78 valence electrons. The minimum atomic E-state index is -0.585. The van der Waals surface area contributed by atoms with E-state index in [1.165, 1.54) is 6.20 Å². The van der Waals surface area contributed by atoms with Crippen molar-refractivity contribution in [3.05, 3.63) is 23.0 Å². The number of nitrogens with two attached hydrogens (primary N) is 1. The van der Waals surface area contributed by atoms with Crippen LogP contribution in [0.5, 0.6) is 0 Å². The van der Waals surface area contributed by atoms with Gasteiger partial charge in [-0.25, -0.2) is 9.67 Å². The smallest absolute Gasteiger partial charge is 0.251 e. The maximum Gasteiger partial charge on any atom is 0.251 e. The Labute approximate surface area is 90.8 Å². The van der Waals surface area contributed by atoms with Gasteiger partial charge in [0.2, 0.25) is 0 Å². The van der Waals surface area contributed by atoms with Crippen LogP contribution in [0.15, 0.2) is 12.4 Å². The molecule has 0 atom stereocenters. The van der Waals surface area contributed by atoms with Crippen molar-refractivity contribution in [3.8, 4) is 0 Å². The molecule has 0 fully saturated rings. The molecule has 2 heterocycles. The highest BCUT2D eigenvalue weighted by Crippen LogP contribution is 2.24. The van der Waals surface area contributed by atoms with Crippen molar-refractivity contribution in [2.75, 3.05) is 0 Å². The van der Waals surface area contributed by atoms with E-state index in [1.54, 1.807) is 10.9 Å². The number of nitrogens with zero attached hydrogens (tertiary/aromatic N) is 3. The Bertz CT molecular complexity index is 534. The van der Waals surface area contributed by atoms with Crippen LogP contribution >= 0.6 is 11.6 Å². The number of hydrogen-bond acceptors (Lipinski definition) is 3. The first-order valence-electron chi connectivity index (χ1n) is 4.45. The van der Waals surface area contributed by atoms with Crippen LogP contribution in [0.25, 0.3) is 11.0 Å². The Kier molecular flexibility index (Phi) is 2.32. The van der Waals surface area contributed by atoms with E-state index in [0.29, 0.717) is 22.6 Å². The molecule has 0 aliphatic rings. The predicted molar refractivity (Wildman–Crippen MR) is 56.7 cm³/mol. The van der Waals surface area contributed by atoms with E-state index in [-0.39, 0.29) is 5.56 Å². The highest BCUT2D eigenvalue weighted by molar-refractivity contribution is 6.38. The van der Waals surface area contributed by atoms with Gasteiger partial charge < -0.3 is 5.73 Å². The quantitative estimate of drug-likeness (QED) is 0.833. The molecule has 0 saturated carbocycles. The molecule has 2 N–H and O–H groups in total. The highest BCUT2D eigenvalue weighted by atomic mass is 35.5. The molecule has 0 unspecified atom stereocenters. The monoisotopic (exact) mass is 224 g/mol. The standard InChI is InChI=1S/C9H9ClN4O/c1-2-14-9-6(4-13-14)7(10)5(3-12-9)8(11)15/h3-4H,2H2,1H3,(H2,11,15). The number of carbonyl (C=O) groups is 1. The summed E-state index contributed by atoms with van der Waals surface area (Å²) in [6.07, 6.45) is 2.96. The summed E-state index contributed by atoms with van der Waals surface area (Å²) in [7, 11) is 0. The van der Waals surface area contributed by atoms with Gasteiger partial charge in [-0.2, -0.15) is 5.10 Å². The molecule has 2 aromatic heterocycles. The van der Waals surface area contributed by atoms with E-state index in [1.807, 2.05) is 6.92 Å². The minimum Gasteiger partial charge on any atom is -0.366 e. The summed E-state index contributed by atoms with van der Waals surface area (Å²) in [6.45, 7) is 2.65. The molecule has 0 saturated heterocycles. The van der Waals surface area contributed by atoms with Gasteiger partial charge in [-0.05, 0) is 6.92 Å². The number of rotatable bonds is 2. The number of halogens is 1. The Hall–Kier alpha value is -1.62. The molecule has 6 heteroatoms. The van der Waals surface area contributed by atoms with Gasteiger partial charge in [0, 0.05) is 12.7 Å². The lowest BCUT2D eigenvalue weighted by molar-refractivity contribution is 0.100. The summed E-state index contributed by atoms with van der Waals surface area (Å²) >= 11 is 6.01. The molecule has 0 spiro atoms. The molecular formula is C9H9ClN4O. The molecular weight excluding hydrogens is 216 g/mol. The fourth-order valence-electron chi connectivity index (χ4n) is 1.40. The molecule has 2 rings (SSSR count). The maximum absolute atomic E-state index is 11.0. The van der Waals surface area contributed by atoms with Crippen molar-refractivity contribution in [3.63, 3.8) is 0 Å². The van der Waals surface area contributed by atoms with Crippen LogP contribution in [0, 0.1) is 0 Å². The average Bonchev–Trinajstić information content (AvgIpc) is 2.61. The van der Waals surface area contributed by atoms with Gasteiger partial charge in [-0.3, -0.25) is 4.79 Å². The predicted octanol–water partition coefficient (Wildman–Crippen LogP) is 1.20. The summed E-state index contributed by atoms with van der Waals surface area (Å²) in [4.78, 5) is 15.1. The Morgan fingerprint density at radius 2 is 2.33 bits per heavy atom. The van der Waals surface area contributed by atoms with E-state index in [2.05, 4.69) is 10.1 Å². The van der Waals surface area contributed by atoms with Crippen molar-refractivity contribution in [2.24, 2.45) is 5.73 Å². The Balaban J connectivity index is 2.75. The first kappa shape index (κ1) is 9.92. The van der Waals surface area contributed by atoms with E-state index in [0.717, 1.165) is 0 Å². The van der Waals surface area contributed by atoms with Gasteiger partial charge in [-0.1, -0.05) is 11.6 Å². The Morgan fingerprint density at radius 3 is 2.93 bits per heavy atom. The van der Waals surface area contributed by atoms with Crippen LogP contribution in [0.1, 0.15) is 17.3 Å². The second kappa shape index (κ2) is 3.51. The molecule has 0 aromatic carbocycles. The van der Waals surface area contributed by atoms with Crippen molar-refractivity contribution in [1.29, 1.82) is 0 Å². The molecule has 5 nitrogen and oxygen atoms in total. The lowest BCUT2D eigenvalue weighted by Gasteiger charge is -2.01. The van der Waals surface area contributed by atoms with Crippen LogP contribution in [0.4, 0.5) is 0 Å². The number of carbonyl (C=O) groups excluding carboxylic acids is 1. The summed E-state index contributed by atoms with van der Waals surface area (Å²) in [5, 5.41) is 5.05. The summed E-state index contributed by atoms with van der Waals surface area (Å²) < 4.78 is 1.70. The average molecular weight is 225 g/mol. The number of aromatic nitrogens is 3. The van der Waals surface area contributed by atoms with Gasteiger partial charge in [0.25, 0.3) is 5.91 Å². The third kappa shape index (κ3) is 1.45. The van der Waals surface area contributed by atoms with Crippen molar-refractivity contribution in [1.82, 2.24) is 14.8 Å². The zero-order chi connectivity index (χ0) is 11.0. The number of aryl methyl sites for hydroxylation is 1. The van der Waals surface area contributed by atoms with E-state index in [4.69, 9.17) is 17.3 Å². The van der Waals surface area contributed by atoms with Crippen molar-refractivity contribution in [2.45, 2.75) is 13.5 Å². The van der Waals surface area contributed by atoms with Crippen molar-refractivity contribution < 1.29 is 4.79 Å². The molecule has 0 aliphatic heterocycles. The topological polar surface area (TPSA) is 73.8 Å². The number of amides is 1. The lowest BCUT2D eigenvalue weighted by Crippen LogP contribution is -2.12. The number of fused-ring (bicyclic) bond motifs is 1. The minimum absolute atomic E-state index is 0.222. The Morgan fingerprint density at radius 1 is 1.60 bits per heavy atom. The normalized spacial score (nSPS) is 10.8. The van der Waals surface area contributed by atoms with Gasteiger partial charge in [0.15, 0.2) is 5.65 Å². The first-order valence-corrected chi connectivity index (χ1v) is 4.82. The lowest BCUT2D eigenvalue weighted by atomic mass is 10.2. The number of hydrogen-bond donors (Lipinski definition) is 1. The fourth-order valence-corrected chi connectivity index (χ4v) is 1.68. The van der Waals surface area contributed by atoms with Gasteiger partial charge >= 0.3 is 0 Å². The van der Waals surface area contributed by atoms with Gasteiger partial charge in [0.05, 0.1) is 22.2 Å². The second-order valence-corrected chi connectivity index (χ2v) is 3.43. The first-order chi connectivity index (χ1) is 7.15. The zero-order valence-corrected chi connectivity index (χ0v) is 8.82. The molecule has 2 aromatic rings. The van der Waals surface area contributed by atoms with Gasteiger partial charge in [0.1, 0.15) is 0 Å². The van der Waals surface area contributed by atoms with E-state index >= 15 is 0 Å². The van der Waals surface area contributed by atoms with Crippen LogP contribution in [0.3, 0.4) is 0 Å². The van der Waals surface area contributed by atoms with Crippen LogP contribution < -0.4 is 5.73 Å². The largest absolute Gasteiger partial charge is 0.366 e. The molecule has 0 aliphatic carbocycles. The van der Waals surface area contributed by atoms with Crippen LogP contribution in [-0.4, -0.2) is 20.7 Å². The van der Waals surface area contributed by atoms with Gasteiger partial charge in [-0.15, -0.1) is 0 Å². The van der Waals surface area contributed by atoms with Crippen LogP contribution in [-0.2, 0) is 6.54 Å². The van der Waals surface area contributed by atoms with Crippen LogP contribution in [0.2, 0.25) is 5.02 Å². The number of primary amides is 1. The zero-order valence-electron chi connectivity index (χ0n) is 8.07. The third-order valence-corrected chi connectivity index (χ3v) is 2.57. The maximum atomic E-state index is 11.0.